The summed E-state index contributed by atoms with van der Waals surface area (Å²) >= 11 is 0. The minimum Gasteiger partial charge on any atom is -0.349 e. The lowest BCUT2D eigenvalue weighted by Crippen LogP contribution is -2.69. The minimum absolute atomic E-state index is 0.0503. The fourth-order valence-corrected chi connectivity index (χ4v) is 11.9. The van der Waals surface area contributed by atoms with Gasteiger partial charge in [0, 0.05) is 18.0 Å². The number of allylic oxidation sites excluding steroid dienone is 2. The van der Waals surface area contributed by atoms with Crippen molar-refractivity contribution in [3.63, 3.8) is 0 Å². The molecule has 0 aliphatic heterocycles. The summed E-state index contributed by atoms with van der Waals surface area (Å²) in [5.74, 6) is 2.48. The molecule has 1 aromatic rings. The molecule has 3 nitrogen and oxygen atoms in total. The number of rotatable bonds is 3. The van der Waals surface area contributed by atoms with Crippen molar-refractivity contribution < 1.29 is 9.59 Å². The highest BCUT2D eigenvalue weighted by atomic mass is 16.1. The van der Waals surface area contributed by atoms with Crippen LogP contribution < -0.4 is 5.32 Å². The Hall–Kier alpha value is -1.90. The third-order valence-electron chi connectivity index (χ3n) is 14.1. The van der Waals surface area contributed by atoms with Crippen molar-refractivity contribution in [3.8, 4) is 0 Å². The number of benzene rings is 1. The van der Waals surface area contributed by atoms with Crippen LogP contribution in [0.15, 0.2) is 41.5 Å². The molecule has 0 spiro atoms. The number of ketones is 1. The third kappa shape index (κ3) is 3.67. The first-order chi connectivity index (χ1) is 18.7. The Morgan fingerprint density at radius 1 is 0.825 bits per heavy atom. The highest BCUT2D eigenvalue weighted by Gasteiger charge is 2.70. The molecule has 0 saturated heterocycles. The van der Waals surface area contributed by atoms with E-state index in [-0.39, 0.29) is 39.0 Å². The lowest BCUT2D eigenvalue weighted by Gasteiger charge is -2.72. The Labute approximate surface area is 243 Å². The Morgan fingerprint density at radius 2 is 1.52 bits per heavy atom. The molecule has 0 bridgehead atoms. The number of nitrogens with one attached hydrogen (secondary N) is 1. The first-order valence-electron chi connectivity index (χ1n) is 16.3. The number of fused-ring (bicyclic) bond motifs is 7. The maximum atomic E-state index is 13.6. The van der Waals surface area contributed by atoms with E-state index in [4.69, 9.17) is 0 Å². The van der Waals surface area contributed by atoms with Crippen LogP contribution in [0.4, 0.5) is 0 Å². The number of amides is 1. The Kier molecular flexibility index (Phi) is 6.39. The summed E-state index contributed by atoms with van der Waals surface area (Å²) in [4.78, 5) is 27.0. The molecule has 4 fully saturated rings. The molecule has 5 aliphatic carbocycles. The second kappa shape index (κ2) is 9.05. The van der Waals surface area contributed by atoms with E-state index in [0.717, 1.165) is 24.8 Å². The van der Waals surface area contributed by atoms with Gasteiger partial charge in [-0.1, -0.05) is 79.2 Å². The van der Waals surface area contributed by atoms with Gasteiger partial charge < -0.3 is 5.32 Å². The summed E-state index contributed by atoms with van der Waals surface area (Å²) in [6.45, 7) is 19.7. The van der Waals surface area contributed by atoms with Crippen LogP contribution in [0.5, 0.6) is 0 Å². The molecular formula is C37H53NO2. The van der Waals surface area contributed by atoms with E-state index < -0.39 is 0 Å². The van der Waals surface area contributed by atoms with Gasteiger partial charge in [-0.25, -0.2) is 0 Å². The predicted octanol–water partition coefficient (Wildman–Crippen LogP) is 8.79. The molecule has 8 atom stereocenters. The topological polar surface area (TPSA) is 46.2 Å². The highest BCUT2D eigenvalue weighted by molar-refractivity contribution is 6.00. The standard InChI is InChI=1S/C37H53NO2/c1-23(2)30-26(39)22-34(5)20-21-35(6)25(31(30)34)14-15-28-36(35,7)19-16-27-33(3,4)18-17-29(37(27,28)8)38-32(40)24-12-10-9-11-13-24/h9-13,23,25,27-29H,14-22H2,1-8H3,(H,38,40)/t25-,27+,28+,29?,34+,35-,36-,37+/m1/s1. The molecule has 5 aliphatic rings. The minimum atomic E-state index is 0.0503. The molecule has 40 heavy (non-hydrogen) atoms. The van der Waals surface area contributed by atoms with Crippen molar-refractivity contribution in [2.75, 3.05) is 0 Å². The van der Waals surface area contributed by atoms with Gasteiger partial charge >= 0.3 is 0 Å². The molecule has 4 saturated carbocycles. The van der Waals surface area contributed by atoms with Crippen LogP contribution in [-0.2, 0) is 4.79 Å². The smallest absolute Gasteiger partial charge is 0.251 e. The zero-order valence-electron chi connectivity index (χ0n) is 26.5. The van der Waals surface area contributed by atoms with Gasteiger partial charge in [0.25, 0.3) is 5.91 Å². The molecule has 0 aromatic heterocycles. The predicted molar refractivity (Wildman–Crippen MR) is 163 cm³/mol. The quantitative estimate of drug-likeness (QED) is 0.414. The first kappa shape index (κ1) is 28.2. The molecule has 1 unspecified atom stereocenters. The van der Waals surface area contributed by atoms with Crippen molar-refractivity contribution in [2.24, 2.45) is 50.7 Å². The summed E-state index contributed by atoms with van der Waals surface area (Å²) in [7, 11) is 0. The fourth-order valence-electron chi connectivity index (χ4n) is 11.9. The van der Waals surface area contributed by atoms with Crippen LogP contribution in [-0.4, -0.2) is 17.7 Å². The molecule has 0 radical (unpaired) electrons. The van der Waals surface area contributed by atoms with E-state index in [0.29, 0.717) is 29.5 Å². The molecule has 6 rings (SSSR count). The van der Waals surface area contributed by atoms with Crippen molar-refractivity contribution in [3.05, 3.63) is 47.0 Å². The Balaban J connectivity index is 1.42. The van der Waals surface area contributed by atoms with Gasteiger partial charge in [0.15, 0.2) is 5.78 Å². The highest BCUT2D eigenvalue weighted by Crippen LogP contribution is 2.76. The normalized spacial score (nSPS) is 44.0. The van der Waals surface area contributed by atoms with E-state index >= 15 is 0 Å². The van der Waals surface area contributed by atoms with Crippen LogP contribution >= 0.6 is 0 Å². The maximum Gasteiger partial charge on any atom is 0.251 e. The van der Waals surface area contributed by atoms with Crippen molar-refractivity contribution in [1.29, 1.82) is 0 Å². The largest absolute Gasteiger partial charge is 0.349 e. The van der Waals surface area contributed by atoms with E-state index in [1.54, 1.807) is 5.57 Å². The van der Waals surface area contributed by atoms with Crippen LogP contribution in [0.1, 0.15) is 124 Å². The van der Waals surface area contributed by atoms with Crippen LogP contribution in [0, 0.1) is 50.7 Å². The molecule has 218 valence electrons. The zero-order valence-corrected chi connectivity index (χ0v) is 26.5. The first-order valence-corrected chi connectivity index (χ1v) is 16.3. The number of carbonyl (C=O) groups excluding carboxylic acids is 2. The van der Waals surface area contributed by atoms with E-state index in [9.17, 15) is 9.59 Å². The number of hydrogen-bond donors (Lipinski definition) is 1. The summed E-state index contributed by atoms with van der Waals surface area (Å²) in [6, 6.07) is 10.00. The summed E-state index contributed by atoms with van der Waals surface area (Å²) in [6.07, 6.45) is 10.2. The number of carbonyl (C=O) groups is 2. The molecule has 3 heteroatoms. The average Bonchev–Trinajstić information content (AvgIpc) is 3.17. The van der Waals surface area contributed by atoms with E-state index in [1.807, 2.05) is 30.3 Å². The monoisotopic (exact) mass is 543 g/mol. The number of Topliss-reactive ketones (excluding diaryl/α,β-unsaturated/α-hetero) is 1. The van der Waals surface area contributed by atoms with Gasteiger partial charge in [-0.15, -0.1) is 0 Å². The Morgan fingerprint density at radius 3 is 2.20 bits per heavy atom. The fraction of sp³-hybridized carbons (Fsp3) is 0.730. The van der Waals surface area contributed by atoms with E-state index in [2.05, 4.69) is 60.7 Å². The zero-order chi connectivity index (χ0) is 28.9. The average molecular weight is 544 g/mol. The lowest BCUT2D eigenvalue weighted by atomic mass is 9.32. The van der Waals surface area contributed by atoms with E-state index in [1.165, 1.54) is 44.1 Å². The summed E-state index contributed by atoms with van der Waals surface area (Å²) < 4.78 is 0. The summed E-state index contributed by atoms with van der Waals surface area (Å²) in [5, 5.41) is 3.63. The van der Waals surface area contributed by atoms with Gasteiger partial charge in [0.2, 0.25) is 0 Å². The Bertz CT molecular complexity index is 1240. The summed E-state index contributed by atoms with van der Waals surface area (Å²) in [5.41, 5.74) is 4.27. The van der Waals surface area contributed by atoms with Crippen molar-refractivity contribution >= 4 is 11.7 Å². The van der Waals surface area contributed by atoms with Gasteiger partial charge in [-0.3, -0.25) is 9.59 Å². The lowest BCUT2D eigenvalue weighted by molar-refractivity contribution is -0.219. The van der Waals surface area contributed by atoms with Crippen molar-refractivity contribution in [1.82, 2.24) is 5.32 Å². The van der Waals surface area contributed by atoms with Crippen molar-refractivity contribution in [2.45, 2.75) is 119 Å². The molecule has 1 aromatic carbocycles. The second-order valence-electron chi connectivity index (χ2n) is 16.5. The van der Waals surface area contributed by atoms with Crippen LogP contribution in [0.3, 0.4) is 0 Å². The molecule has 0 heterocycles. The maximum absolute atomic E-state index is 13.6. The SMILES string of the molecule is CC(C)C1=C2[C@H]3CC[C@@H]4[C@@]5(C)C(NC(=O)c6ccccc6)CCC(C)(C)[C@@H]5CC[C@@]4(C)[C@]3(C)CC[C@@]2(C)CC1=O. The second-order valence-corrected chi connectivity index (χ2v) is 16.5. The molecule has 1 N–H and O–H groups in total. The van der Waals surface area contributed by atoms with Gasteiger partial charge in [0.1, 0.15) is 0 Å². The molecular weight excluding hydrogens is 490 g/mol. The van der Waals surface area contributed by atoms with Crippen LogP contribution in [0.25, 0.3) is 0 Å². The third-order valence-corrected chi connectivity index (χ3v) is 14.1. The van der Waals surface area contributed by atoms with Crippen LogP contribution in [0.2, 0.25) is 0 Å². The molecule has 1 amide bonds. The van der Waals surface area contributed by atoms with Gasteiger partial charge in [0.05, 0.1) is 0 Å². The van der Waals surface area contributed by atoms with Gasteiger partial charge in [-0.2, -0.15) is 0 Å². The number of hydrogen-bond acceptors (Lipinski definition) is 2. The van der Waals surface area contributed by atoms with Gasteiger partial charge in [-0.05, 0) is 120 Å².